The third-order valence-electron chi connectivity index (χ3n) is 3.78. The fourth-order valence-corrected chi connectivity index (χ4v) is 3.25. The van der Waals surface area contributed by atoms with Gasteiger partial charge in [-0.2, -0.15) is 0 Å². The summed E-state index contributed by atoms with van der Waals surface area (Å²) in [7, 11) is 3.26. The van der Waals surface area contributed by atoms with Crippen LogP contribution in [-0.4, -0.2) is 32.3 Å². The second kappa shape index (κ2) is 8.58. The molecule has 3 aromatic rings. The van der Waals surface area contributed by atoms with Crippen LogP contribution in [0, 0.1) is 0 Å². The first-order chi connectivity index (χ1) is 13.1. The highest BCUT2D eigenvalue weighted by molar-refractivity contribution is 7.98. The molecule has 0 aliphatic rings. The van der Waals surface area contributed by atoms with E-state index in [1.54, 1.807) is 40.1 Å². The summed E-state index contributed by atoms with van der Waals surface area (Å²) in [4.78, 5) is 24.4. The van der Waals surface area contributed by atoms with Crippen molar-refractivity contribution in [3.63, 3.8) is 0 Å². The molecular weight excluding hydrogens is 370 g/mol. The Morgan fingerprint density at radius 2 is 2.30 bits per heavy atom. The van der Waals surface area contributed by atoms with Crippen molar-refractivity contribution in [3.8, 4) is 5.75 Å². The van der Waals surface area contributed by atoms with Crippen LogP contribution in [0.15, 0.2) is 51.4 Å². The molecule has 1 amide bonds. The van der Waals surface area contributed by atoms with Crippen LogP contribution in [-0.2, 0) is 30.7 Å². The number of amides is 1. The Balaban J connectivity index is 1.73. The number of hydrogen-bond acceptors (Lipinski definition) is 7. The lowest BCUT2D eigenvalue weighted by Gasteiger charge is -2.14. The third-order valence-corrected chi connectivity index (χ3v) is 4.84. The predicted octanol–water partition coefficient (Wildman–Crippen LogP) is 1.19. The van der Waals surface area contributed by atoms with Crippen molar-refractivity contribution in [2.75, 3.05) is 7.11 Å². The van der Waals surface area contributed by atoms with Crippen LogP contribution in [0.4, 0.5) is 0 Å². The number of pyridine rings is 1. The zero-order chi connectivity index (χ0) is 19.2. The smallest absolute Gasteiger partial charge is 0.240 e. The van der Waals surface area contributed by atoms with Crippen molar-refractivity contribution in [1.29, 1.82) is 0 Å². The van der Waals surface area contributed by atoms with Gasteiger partial charge in [0.1, 0.15) is 18.6 Å². The van der Waals surface area contributed by atoms with Crippen LogP contribution in [0.25, 0.3) is 0 Å². The quantitative estimate of drug-likeness (QED) is 0.577. The molecule has 0 aliphatic heterocycles. The summed E-state index contributed by atoms with van der Waals surface area (Å²) in [5, 5.41) is 11.3. The number of nitrogens with zero attached hydrogens (tertiary/aromatic N) is 4. The SMILES string of the molecule is COc1cn(CC(=O)NCc2ccco2)c(CSc2nncn2C)cc1=O. The molecule has 3 heterocycles. The number of carbonyl (C=O) groups is 1. The molecule has 1 N–H and O–H groups in total. The van der Waals surface area contributed by atoms with E-state index in [1.165, 1.54) is 24.9 Å². The Hall–Kier alpha value is -3.01. The Bertz CT molecular complexity index is 964. The number of carbonyl (C=O) groups excluding carboxylic acids is 1. The summed E-state index contributed by atoms with van der Waals surface area (Å²) >= 11 is 1.42. The standard InChI is InChI=1S/C17H19N5O4S/c1-21-11-19-20-17(21)27-10-12-6-14(23)15(25-2)8-22(12)9-16(24)18-7-13-4-3-5-26-13/h3-6,8,11H,7,9-10H2,1-2H3,(H,18,24). The minimum atomic E-state index is -0.238. The molecule has 0 saturated heterocycles. The zero-order valence-corrected chi connectivity index (χ0v) is 15.7. The van der Waals surface area contributed by atoms with Crippen molar-refractivity contribution < 1.29 is 13.9 Å². The van der Waals surface area contributed by atoms with Gasteiger partial charge in [0.25, 0.3) is 0 Å². The number of furan rings is 1. The third kappa shape index (κ3) is 4.79. The normalized spacial score (nSPS) is 10.7. The van der Waals surface area contributed by atoms with Crippen LogP contribution in [0.2, 0.25) is 0 Å². The van der Waals surface area contributed by atoms with Crippen LogP contribution < -0.4 is 15.5 Å². The van der Waals surface area contributed by atoms with Gasteiger partial charge in [0.2, 0.25) is 11.3 Å². The lowest BCUT2D eigenvalue weighted by atomic mass is 10.3. The van der Waals surface area contributed by atoms with Crippen molar-refractivity contribution in [3.05, 3.63) is 58.7 Å². The lowest BCUT2D eigenvalue weighted by Crippen LogP contribution is -2.28. The van der Waals surface area contributed by atoms with E-state index in [0.717, 1.165) is 0 Å². The number of rotatable bonds is 8. The maximum Gasteiger partial charge on any atom is 0.240 e. The maximum absolute atomic E-state index is 12.3. The van der Waals surface area contributed by atoms with Gasteiger partial charge in [-0.25, -0.2) is 0 Å². The fraction of sp³-hybridized carbons (Fsp3) is 0.294. The first kappa shape index (κ1) is 18.8. The van der Waals surface area contributed by atoms with Crippen molar-refractivity contribution in [1.82, 2.24) is 24.6 Å². The van der Waals surface area contributed by atoms with E-state index in [0.29, 0.717) is 28.9 Å². The molecule has 0 unspecified atom stereocenters. The monoisotopic (exact) mass is 389 g/mol. The summed E-state index contributed by atoms with van der Waals surface area (Å²) in [5.74, 6) is 1.10. The highest BCUT2D eigenvalue weighted by Gasteiger charge is 2.12. The summed E-state index contributed by atoms with van der Waals surface area (Å²) < 4.78 is 13.8. The minimum absolute atomic E-state index is 0.0477. The van der Waals surface area contributed by atoms with Crippen LogP contribution >= 0.6 is 11.8 Å². The van der Waals surface area contributed by atoms with Gasteiger partial charge in [-0.05, 0) is 12.1 Å². The Morgan fingerprint density at radius 1 is 1.44 bits per heavy atom. The zero-order valence-electron chi connectivity index (χ0n) is 14.9. The van der Waals surface area contributed by atoms with Gasteiger partial charge < -0.3 is 23.6 Å². The molecule has 0 radical (unpaired) electrons. The van der Waals surface area contributed by atoms with Gasteiger partial charge in [-0.3, -0.25) is 9.59 Å². The van der Waals surface area contributed by atoms with Gasteiger partial charge in [0.15, 0.2) is 10.9 Å². The van der Waals surface area contributed by atoms with E-state index in [2.05, 4.69) is 15.5 Å². The molecule has 0 atom stereocenters. The number of aromatic nitrogens is 4. The predicted molar refractivity (Wildman–Crippen MR) is 98.4 cm³/mol. The molecule has 27 heavy (non-hydrogen) atoms. The molecule has 0 fully saturated rings. The topological polar surface area (TPSA) is 104 Å². The second-order valence-electron chi connectivity index (χ2n) is 5.69. The van der Waals surface area contributed by atoms with E-state index in [9.17, 15) is 9.59 Å². The molecule has 142 valence electrons. The van der Waals surface area contributed by atoms with Gasteiger partial charge in [0, 0.05) is 24.6 Å². The number of thioether (sulfide) groups is 1. The number of nitrogens with one attached hydrogen (secondary N) is 1. The second-order valence-corrected chi connectivity index (χ2v) is 6.64. The van der Waals surface area contributed by atoms with Crippen LogP contribution in [0.1, 0.15) is 11.5 Å². The average molecular weight is 389 g/mol. The summed E-state index contributed by atoms with van der Waals surface area (Å²) in [6, 6.07) is 5.02. The van der Waals surface area contributed by atoms with Crippen molar-refractivity contribution in [2.45, 2.75) is 24.0 Å². The molecule has 3 rings (SSSR count). The number of hydrogen-bond donors (Lipinski definition) is 1. The summed E-state index contributed by atoms with van der Waals surface area (Å²) in [6.45, 7) is 0.345. The molecular formula is C17H19N5O4S. The molecule has 10 heteroatoms. The number of methoxy groups -OCH3 is 1. The van der Waals surface area contributed by atoms with E-state index in [-0.39, 0.29) is 23.6 Å². The lowest BCUT2D eigenvalue weighted by molar-refractivity contribution is -0.121. The average Bonchev–Trinajstić information content (AvgIpc) is 3.31. The Kier molecular flexibility index (Phi) is 5.97. The molecule has 0 aliphatic carbocycles. The van der Waals surface area contributed by atoms with Crippen LogP contribution in [0.3, 0.4) is 0 Å². The van der Waals surface area contributed by atoms with E-state index < -0.39 is 0 Å². The summed E-state index contributed by atoms with van der Waals surface area (Å²) in [5.41, 5.74) is 0.445. The molecule has 3 aromatic heterocycles. The first-order valence-electron chi connectivity index (χ1n) is 8.10. The highest BCUT2D eigenvalue weighted by Crippen LogP contribution is 2.20. The number of aryl methyl sites for hydroxylation is 1. The van der Waals surface area contributed by atoms with Crippen molar-refractivity contribution >= 4 is 17.7 Å². The molecule has 9 nitrogen and oxygen atoms in total. The van der Waals surface area contributed by atoms with E-state index in [1.807, 2.05) is 7.05 Å². The van der Waals surface area contributed by atoms with Gasteiger partial charge in [0.05, 0.1) is 26.1 Å². The van der Waals surface area contributed by atoms with Crippen molar-refractivity contribution in [2.24, 2.45) is 7.05 Å². The summed E-state index contributed by atoms with van der Waals surface area (Å²) in [6.07, 6.45) is 4.70. The minimum Gasteiger partial charge on any atom is -0.491 e. The largest absolute Gasteiger partial charge is 0.491 e. The number of ether oxygens (including phenoxy) is 1. The van der Waals surface area contributed by atoms with E-state index in [4.69, 9.17) is 9.15 Å². The first-order valence-corrected chi connectivity index (χ1v) is 9.08. The Labute approximate surface area is 159 Å². The van der Waals surface area contributed by atoms with Crippen LogP contribution in [0.5, 0.6) is 5.75 Å². The highest BCUT2D eigenvalue weighted by atomic mass is 32.2. The molecule has 0 saturated carbocycles. The van der Waals surface area contributed by atoms with Gasteiger partial charge in [-0.1, -0.05) is 11.8 Å². The Morgan fingerprint density at radius 3 is 2.96 bits per heavy atom. The van der Waals surface area contributed by atoms with Gasteiger partial charge >= 0.3 is 0 Å². The molecule has 0 bridgehead atoms. The van der Waals surface area contributed by atoms with Gasteiger partial charge in [-0.15, -0.1) is 10.2 Å². The molecule has 0 spiro atoms. The fourth-order valence-electron chi connectivity index (χ4n) is 2.37. The van der Waals surface area contributed by atoms with E-state index >= 15 is 0 Å². The maximum atomic E-state index is 12.3. The molecule has 0 aromatic carbocycles.